The molecule has 2 N–H and O–H groups in total. The van der Waals surface area contributed by atoms with Crippen molar-refractivity contribution < 1.29 is 9.59 Å². The third kappa shape index (κ3) is 3.97. The van der Waals surface area contributed by atoms with Crippen LogP contribution in [0.5, 0.6) is 0 Å². The lowest BCUT2D eigenvalue weighted by Crippen LogP contribution is -2.17. The Kier molecular flexibility index (Phi) is 5.42. The summed E-state index contributed by atoms with van der Waals surface area (Å²) in [5.41, 5.74) is 6.34. The number of rotatable bonds is 4. The molecule has 0 aliphatic carbocycles. The lowest BCUT2D eigenvalue weighted by molar-refractivity contribution is -0.116. The van der Waals surface area contributed by atoms with Crippen LogP contribution in [0.2, 0.25) is 5.02 Å². The number of aryl methyl sites for hydroxylation is 1. The number of carbonyl (C=O) groups is 2. The molecule has 36 heavy (non-hydrogen) atoms. The molecule has 0 fully saturated rings. The van der Waals surface area contributed by atoms with Crippen LogP contribution in [-0.4, -0.2) is 26.6 Å². The van der Waals surface area contributed by atoms with Gasteiger partial charge in [-0.05, 0) is 60.0 Å². The van der Waals surface area contributed by atoms with Gasteiger partial charge >= 0.3 is 0 Å². The molecule has 2 aliphatic heterocycles. The molecule has 0 bridgehead atoms. The monoisotopic (exact) mass is 495 g/mol. The van der Waals surface area contributed by atoms with Crippen molar-refractivity contribution >= 4 is 40.4 Å². The molecule has 2 amide bonds. The fourth-order valence-corrected chi connectivity index (χ4v) is 5.05. The first-order valence-electron chi connectivity index (χ1n) is 11.7. The molecule has 0 unspecified atom stereocenters. The molecule has 3 heterocycles. The van der Waals surface area contributed by atoms with Crippen molar-refractivity contribution in [1.29, 1.82) is 0 Å². The fraction of sp³-hybridized carbons (Fsp3) is 0.143. The van der Waals surface area contributed by atoms with Crippen LogP contribution in [0.4, 0.5) is 11.4 Å². The smallest absolute Gasteiger partial charge is 0.228 e. The number of allylic oxidation sites excluding steroid dienone is 1. The predicted molar refractivity (Wildman–Crippen MR) is 139 cm³/mol. The zero-order valence-corrected chi connectivity index (χ0v) is 20.2. The minimum absolute atomic E-state index is 0.0407. The Morgan fingerprint density at radius 1 is 1.11 bits per heavy atom. The van der Waals surface area contributed by atoms with Crippen LogP contribution in [0.1, 0.15) is 40.7 Å². The Morgan fingerprint density at radius 3 is 2.75 bits per heavy atom. The van der Waals surface area contributed by atoms with Crippen molar-refractivity contribution in [2.24, 2.45) is 0 Å². The molecule has 1 aromatic heterocycles. The number of para-hydroxylation sites is 1. The Balaban J connectivity index is 1.38. The topological polar surface area (TPSA) is 88.9 Å². The summed E-state index contributed by atoms with van der Waals surface area (Å²) in [6, 6.07) is 21.3. The van der Waals surface area contributed by atoms with Gasteiger partial charge in [-0.2, -0.15) is 0 Å². The second-order valence-corrected chi connectivity index (χ2v) is 9.44. The van der Waals surface area contributed by atoms with E-state index in [-0.39, 0.29) is 24.2 Å². The van der Waals surface area contributed by atoms with E-state index in [9.17, 15) is 9.59 Å². The second kappa shape index (κ2) is 8.77. The number of nitrogens with one attached hydrogen (secondary N) is 2. The summed E-state index contributed by atoms with van der Waals surface area (Å²) in [6.07, 6.45) is 2.59. The third-order valence-corrected chi connectivity index (χ3v) is 6.81. The van der Waals surface area contributed by atoms with Gasteiger partial charge in [-0.25, -0.2) is 0 Å². The molecule has 0 saturated heterocycles. The standard InChI is InChI=1S/C28H22ClN5O2/c1-16-32-33-28-19(15-26(35)30-21-10-11-24-18(12-21)14-27(36)31-24)13-23(17-6-8-20(29)9-7-17)22-4-2-3-5-25(22)34(16)28/h2-13,19H,14-15H2,1H3,(H,30,35)(H,31,36)/t19-/m0/s1. The van der Waals surface area contributed by atoms with Crippen LogP contribution < -0.4 is 10.6 Å². The largest absolute Gasteiger partial charge is 0.326 e. The number of benzene rings is 3. The lowest BCUT2D eigenvalue weighted by Gasteiger charge is -2.14. The number of hydrogen-bond donors (Lipinski definition) is 2. The summed E-state index contributed by atoms with van der Waals surface area (Å²) in [4.78, 5) is 24.9. The summed E-state index contributed by atoms with van der Waals surface area (Å²) >= 11 is 6.16. The van der Waals surface area contributed by atoms with Crippen LogP contribution in [0.25, 0.3) is 11.3 Å². The minimum Gasteiger partial charge on any atom is -0.326 e. The molecule has 3 aromatic carbocycles. The van der Waals surface area contributed by atoms with Crippen molar-refractivity contribution in [3.05, 3.63) is 106 Å². The fourth-order valence-electron chi connectivity index (χ4n) is 4.93. The highest BCUT2D eigenvalue weighted by Crippen LogP contribution is 2.38. The Hall–Kier alpha value is -4.23. The SMILES string of the molecule is Cc1nnc2n1-c1ccccc1C(c1ccc(Cl)cc1)=C[C@H]2CC(=O)Nc1ccc2c(c1)CC(=O)N2. The van der Waals surface area contributed by atoms with Gasteiger partial charge in [0.05, 0.1) is 12.1 Å². The van der Waals surface area contributed by atoms with Crippen molar-refractivity contribution in [1.82, 2.24) is 14.8 Å². The highest BCUT2D eigenvalue weighted by molar-refractivity contribution is 6.30. The van der Waals surface area contributed by atoms with Crippen molar-refractivity contribution in [3.8, 4) is 5.69 Å². The van der Waals surface area contributed by atoms with E-state index in [4.69, 9.17) is 11.6 Å². The molecule has 4 aromatic rings. The average Bonchev–Trinajstić information content (AvgIpc) is 3.39. The Bertz CT molecular complexity index is 1550. The number of fused-ring (bicyclic) bond motifs is 4. The van der Waals surface area contributed by atoms with Gasteiger partial charge in [0.25, 0.3) is 0 Å². The maximum absolute atomic E-state index is 13.2. The van der Waals surface area contributed by atoms with E-state index in [2.05, 4.69) is 33.0 Å². The van der Waals surface area contributed by atoms with Crippen LogP contribution >= 0.6 is 11.6 Å². The van der Waals surface area contributed by atoms with E-state index in [1.54, 1.807) is 6.07 Å². The molecule has 0 saturated carbocycles. The summed E-state index contributed by atoms with van der Waals surface area (Å²) in [6.45, 7) is 1.91. The predicted octanol–water partition coefficient (Wildman–Crippen LogP) is 5.28. The Morgan fingerprint density at radius 2 is 1.92 bits per heavy atom. The highest BCUT2D eigenvalue weighted by Gasteiger charge is 2.28. The first-order valence-corrected chi connectivity index (χ1v) is 12.1. The summed E-state index contributed by atoms with van der Waals surface area (Å²) in [5.74, 6) is 0.956. The minimum atomic E-state index is -0.318. The van der Waals surface area contributed by atoms with Gasteiger partial charge in [-0.1, -0.05) is 48.0 Å². The van der Waals surface area contributed by atoms with Crippen molar-refractivity contribution in [2.75, 3.05) is 10.6 Å². The molecule has 2 aliphatic rings. The summed E-state index contributed by atoms with van der Waals surface area (Å²) < 4.78 is 2.03. The first-order chi connectivity index (χ1) is 17.5. The molecule has 178 valence electrons. The van der Waals surface area contributed by atoms with Crippen LogP contribution in [0, 0.1) is 6.92 Å². The number of aromatic nitrogens is 3. The Labute approximate surface area is 212 Å². The van der Waals surface area contributed by atoms with Crippen LogP contribution in [0.3, 0.4) is 0 Å². The molecular weight excluding hydrogens is 474 g/mol. The van der Waals surface area contributed by atoms with E-state index in [1.807, 2.05) is 66.1 Å². The van der Waals surface area contributed by atoms with Crippen LogP contribution in [0.15, 0.2) is 72.8 Å². The first kappa shape index (κ1) is 22.2. The normalized spacial score (nSPS) is 15.8. The number of halogens is 1. The van der Waals surface area contributed by atoms with Gasteiger partial charge in [0.1, 0.15) is 11.6 Å². The van der Waals surface area contributed by atoms with E-state index < -0.39 is 0 Å². The molecule has 0 radical (unpaired) electrons. The summed E-state index contributed by atoms with van der Waals surface area (Å²) in [7, 11) is 0. The molecule has 1 atom stereocenters. The lowest BCUT2D eigenvalue weighted by atomic mass is 9.92. The number of anilines is 2. The van der Waals surface area contributed by atoms with Gasteiger partial charge in [-0.3, -0.25) is 14.2 Å². The molecule has 6 rings (SSSR count). The maximum atomic E-state index is 13.2. The number of nitrogens with zero attached hydrogens (tertiary/aromatic N) is 3. The van der Waals surface area contributed by atoms with Gasteiger partial charge in [-0.15, -0.1) is 10.2 Å². The molecular formula is C28H22ClN5O2. The van der Waals surface area contributed by atoms with Gasteiger partial charge in [0.15, 0.2) is 0 Å². The highest BCUT2D eigenvalue weighted by atomic mass is 35.5. The van der Waals surface area contributed by atoms with E-state index in [1.165, 1.54) is 0 Å². The van der Waals surface area contributed by atoms with Gasteiger partial charge < -0.3 is 10.6 Å². The van der Waals surface area contributed by atoms with Crippen molar-refractivity contribution in [2.45, 2.75) is 25.7 Å². The molecule has 7 nitrogen and oxygen atoms in total. The van der Waals surface area contributed by atoms with Gasteiger partial charge in [0, 0.05) is 34.3 Å². The molecule has 8 heteroatoms. The zero-order chi connectivity index (χ0) is 24.8. The quantitative estimate of drug-likeness (QED) is 0.403. The van der Waals surface area contributed by atoms with E-state index in [0.717, 1.165) is 39.5 Å². The van der Waals surface area contributed by atoms with E-state index in [0.29, 0.717) is 23.0 Å². The van der Waals surface area contributed by atoms with Crippen molar-refractivity contribution in [3.63, 3.8) is 0 Å². The molecule has 0 spiro atoms. The second-order valence-electron chi connectivity index (χ2n) is 9.00. The van der Waals surface area contributed by atoms with Gasteiger partial charge in [0.2, 0.25) is 11.8 Å². The maximum Gasteiger partial charge on any atom is 0.228 e. The summed E-state index contributed by atoms with van der Waals surface area (Å²) in [5, 5.41) is 15.3. The number of hydrogen-bond acceptors (Lipinski definition) is 4. The zero-order valence-electron chi connectivity index (χ0n) is 19.5. The average molecular weight is 496 g/mol. The van der Waals surface area contributed by atoms with E-state index >= 15 is 0 Å². The number of amides is 2. The van der Waals surface area contributed by atoms with Crippen LogP contribution in [-0.2, 0) is 16.0 Å². The number of carbonyl (C=O) groups excluding carboxylic acids is 2. The third-order valence-electron chi connectivity index (χ3n) is 6.56.